The number of nitrogens with one attached hydrogen (secondary N) is 1. The standard InChI is InChI=1S/C15H16ClNO/c16-14-9-5-4-8-13(14)10-17-11-15(18)12-6-2-1-3-7-12/h1-9,15,17-18H,10-11H2. The molecule has 0 radical (unpaired) electrons. The summed E-state index contributed by atoms with van der Waals surface area (Å²) in [6.45, 7) is 1.17. The lowest BCUT2D eigenvalue weighted by Gasteiger charge is -2.12. The average molecular weight is 262 g/mol. The Kier molecular flexibility index (Phi) is 4.76. The first-order valence-electron chi connectivity index (χ1n) is 5.94. The van der Waals surface area contributed by atoms with Gasteiger partial charge < -0.3 is 10.4 Å². The van der Waals surface area contributed by atoms with Crippen LogP contribution >= 0.6 is 11.6 Å². The molecule has 2 rings (SSSR count). The Labute approximate surface area is 112 Å². The number of benzene rings is 2. The third-order valence-electron chi connectivity index (χ3n) is 2.80. The fourth-order valence-electron chi connectivity index (χ4n) is 1.78. The van der Waals surface area contributed by atoms with Crippen LogP contribution in [0, 0.1) is 0 Å². The molecule has 2 aromatic rings. The first kappa shape index (κ1) is 13.1. The fourth-order valence-corrected chi connectivity index (χ4v) is 1.98. The number of hydrogen-bond acceptors (Lipinski definition) is 2. The van der Waals surface area contributed by atoms with Crippen LogP contribution in [0.5, 0.6) is 0 Å². The highest BCUT2D eigenvalue weighted by molar-refractivity contribution is 6.31. The molecule has 0 aliphatic carbocycles. The molecular weight excluding hydrogens is 246 g/mol. The molecule has 2 aromatic carbocycles. The van der Waals surface area contributed by atoms with Crippen LogP contribution in [0.1, 0.15) is 17.2 Å². The number of hydrogen-bond donors (Lipinski definition) is 2. The van der Waals surface area contributed by atoms with Crippen molar-refractivity contribution >= 4 is 11.6 Å². The van der Waals surface area contributed by atoms with E-state index in [9.17, 15) is 5.11 Å². The quantitative estimate of drug-likeness (QED) is 0.867. The highest BCUT2D eigenvalue weighted by Crippen LogP contribution is 2.15. The van der Waals surface area contributed by atoms with Gasteiger partial charge in [0.1, 0.15) is 0 Å². The topological polar surface area (TPSA) is 32.3 Å². The molecule has 0 saturated heterocycles. The van der Waals surface area contributed by atoms with Crippen LogP contribution in [-0.2, 0) is 6.54 Å². The third kappa shape index (κ3) is 3.57. The predicted octanol–water partition coefficient (Wildman–Crippen LogP) is 3.16. The van der Waals surface area contributed by atoms with Crippen molar-refractivity contribution in [3.05, 3.63) is 70.7 Å². The number of rotatable bonds is 5. The molecule has 0 spiro atoms. The summed E-state index contributed by atoms with van der Waals surface area (Å²) < 4.78 is 0. The molecule has 2 nitrogen and oxygen atoms in total. The molecule has 0 heterocycles. The first-order valence-corrected chi connectivity index (χ1v) is 6.32. The minimum absolute atomic E-state index is 0.492. The molecule has 1 unspecified atom stereocenters. The Balaban J connectivity index is 1.84. The maximum absolute atomic E-state index is 9.97. The number of aliphatic hydroxyl groups is 1. The van der Waals surface area contributed by atoms with Crippen LogP contribution in [0.2, 0.25) is 5.02 Å². The normalized spacial score (nSPS) is 12.3. The number of halogens is 1. The second-order valence-electron chi connectivity index (χ2n) is 4.15. The van der Waals surface area contributed by atoms with Crippen molar-refractivity contribution in [3.63, 3.8) is 0 Å². The third-order valence-corrected chi connectivity index (χ3v) is 3.16. The van der Waals surface area contributed by atoms with Crippen LogP contribution < -0.4 is 5.32 Å². The van der Waals surface area contributed by atoms with E-state index in [-0.39, 0.29) is 0 Å². The van der Waals surface area contributed by atoms with Crippen molar-refractivity contribution in [1.29, 1.82) is 0 Å². The van der Waals surface area contributed by atoms with E-state index < -0.39 is 6.10 Å². The van der Waals surface area contributed by atoms with Gasteiger partial charge in [0, 0.05) is 18.1 Å². The maximum atomic E-state index is 9.97. The summed E-state index contributed by atoms with van der Waals surface area (Å²) >= 11 is 6.05. The largest absolute Gasteiger partial charge is 0.387 e. The van der Waals surface area contributed by atoms with E-state index in [1.165, 1.54) is 0 Å². The molecule has 0 bridgehead atoms. The molecule has 0 amide bonds. The van der Waals surface area contributed by atoms with Crippen LogP contribution in [0.25, 0.3) is 0 Å². The number of aliphatic hydroxyl groups excluding tert-OH is 1. The minimum atomic E-state index is -0.492. The van der Waals surface area contributed by atoms with Crippen molar-refractivity contribution < 1.29 is 5.11 Å². The fraction of sp³-hybridized carbons (Fsp3) is 0.200. The van der Waals surface area contributed by atoms with E-state index in [0.717, 1.165) is 16.1 Å². The first-order chi connectivity index (χ1) is 8.77. The lowest BCUT2D eigenvalue weighted by molar-refractivity contribution is 0.174. The summed E-state index contributed by atoms with van der Waals surface area (Å²) in [5.74, 6) is 0. The van der Waals surface area contributed by atoms with Crippen LogP contribution in [-0.4, -0.2) is 11.7 Å². The molecule has 18 heavy (non-hydrogen) atoms. The van der Waals surface area contributed by atoms with E-state index in [4.69, 9.17) is 11.6 Å². The average Bonchev–Trinajstić information content (AvgIpc) is 2.42. The van der Waals surface area contributed by atoms with Crippen molar-refractivity contribution in [2.75, 3.05) is 6.54 Å². The van der Waals surface area contributed by atoms with Crippen LogP contribution in [0.3, 0.4) is 0 Å². The van der Waals surface area contributed by atoms with Gasteiger partial charge in [-0.15, -0.1) is 0 Å². The molecule has 94 valence electrons. The molecular formula is C15H16ClNO. The second kappa shape index (κ2) is 6.55. The smallest absolute Gasteiger partial charge is 0.0914 e. The van der Waals surface area contributed by atoms with E-state index in [1.807, 2.05) is 54.6 Å². The Morgan fingerprint density at radius 3 is 2.39 bits per heavy atom. The predicted molar refractivity (Wildman–Crippen MR) is 74.6 cm³/mol. The van der Waals surface area contributed by atoms with Gasteiger partial charge in [-0.05, 0) is 17.2 Å². The molecule has 0 saturated carbocycles. The van der Waals surface area contributed by atoms with Gasteiger partial charge >= 0.3 is 0 Å². The SMILES string of the molecule is OC(CNCc1ccccc1Cl)c1ccccc1. The summed E-state index contributed by atoms with van der Waals surface area (Å²) in [5.41, 5.74) is 1.96. The molecule has 0 aliphatic heterocycles. The Bertz CT molecular complexity index is 487. The lowest BCUT2D eigenvalue weighted by atomic mass is 10.1. The zero-order chi connectivity index (χ0) is 12.8. The Morgan fingerprint density at radius 2 is 1.67 bits per heavy atom. The van der Waals surface area contributed by atoms with Gasteiger partial charge in [0.25, 0.3) is 0 Å². The van der Waals surface area contributed by atoms with E-state index in [2.05, 4.69) is 5.32 Å². The highest BCUT2D eigenvalue weighted by Gasteiger charge is 2.06. The minimum Gasteiger partial charge on any atom is -0.387 e. The van der Waals surface area contributed by atoms with Gasteiger partial charge in [0.15, 0.2) is 0 Å². The van der Waals surface area contributed by atoms with Crippen LogP contribution in [0.4, 0.5) is 0 Å². The van der Waals surface area contributed by atoms with Gasteiger partial charge in [-0.2, -0.15) is 0 Å². The van der Waals surface area contributed by atoms with Gasteiger partial charge in [-0.3, -0.25) is 0 Å². The van der Waals surface area contributed by atoms with Crippen molar-refractivity contribution in [3.8, 4) is 0 Å². The van der Waals surface area contributed by atoms with Gasteiger partial charge in [-0.1, -0.05) is 60.1 Å². The molecule has 2 N–H and O–H groups in total. The Morgan fingerprint density at radius 1 is 1.00 bits per heavy atom. The van der Waals surface area contributed by atoms with Crippen molar-refractivity contribution in [1.82, 2.24) is 5.32 Å². The van der Waals surface area contributed by atoms with Gasteiger partial charge in [0.2, 0.25) is 0 Å². The summed E-state index contributed by atoms with van der Waals surface area (Å²) in [6, 6.07) is 17.3. The second-order valence-corrected chi connectivity index (χ2v) is 4.56. The molecule has 0 aromatic heterocycles. The zero-order valence-corrected chi connectivity index (χ0v) is 10.8. The molecule has 3 heteroatoms. The van der Waals surface area contributed by atoms with E-state index in [1.54, 1.807) is 0 Å². The summed E-state index contributed by atoms with van der Waals surface area (Å²) in [5, 5.41) is 13.9. The lowest BCUT2D eigenvalue weighted by Crippen LogP contribution is -2.21. The Hall–Kier alpha value is -1.35. The monoisotopic (exact) mass is 261 g/mol. The van der Waals surface area contributed by atoms with Crippen molar-refractivity contribution in [2.24, 2.45) is 0 Å². The molecule has 0 aliphatic rings. The summed E-state index contributed by atoms with van der Waals surface area (Å²) in [7, 11) is 0. The highest BCUT2D eigenvalue weighted by atomic mass is 35.5. The van der Waals surface area contributed by atoms with Crippen LogP contribution in [0.15, 0.2) is 54.6 Å². The summed E-state index contributed by atoms with van der Waals surface area (Å²) in [6.07, 6.45) is -0.492. The van der Waals surface area contributed by atoms with Gasteiger partial charge in [0.05, 0.1) is 6.10 Å². The van der Waals surface area contributed by atoms with E-state index in [0.29, 0.717) is 13.1 Å². The van der Waals surface area contributed by atoms with E-state index >= 15 is 0 Å². The zero-order valence-electron chi connectivity index (χ0n) is 10.0. The molecule has 0 fully saturated rings. The maximum Gasteiger partial charge on any atom is 0.0914 e. The van der Waals surface area contributed by atoms with Crippen molar-refractivity contribution in [2.45, 2.75) is 12.6 Å². The summed E-state index contributed by atoms with van der Waals surface area (Å²) in [4.78, 5) is 0. The molecule has 1 atom stereocenters. The van der Waals surface area contributed by atoms with Gasteiger partial charge in [-0.25, -0.2) is 0 Å².